The first-order valence-electron chi connectivity index (χ1n) is 7.48. The van der Waals surface area contributed by atoms with Gasteiger partial charge in [0.15, 0.2) is 0 Å². The molecule has 6 heteroatoms. The topological polar surface area (TPSA) is 70.6 Å². The van der Waals surface area contributed by atoms with Crippen LogP contribution in [0, 0.1) is 0 Å². The zero-order chi connectivity index (χ0) is 17.2. The monoisotopic (exact) mass is 341 g/mol. The fourth-order valence-corrected chi connectivity index (χ4v) is 2.36. The second kappa shape index (κ2) is 9.52. The Morgan fingerprint density at radius 2 is 1.75 bits per heavy atom. The van der Waals surface area contributed by atoms with E-state index in [1.807, 2.05) is 60.9 Å². The molecule has 124 valence electrons. The first-order valence-corrected chi connectivity index (χ1v) is 8.71. The second-order valence-corrected chi connectivity index (χ2v) is 5.84. The summed E-state index contributed by atoms with van der Waals surface area (Å²) in [6.45, 7) is 0.399. The van der Waals surface area contributed by atoms with Gasteiger partial charge in [-0.25, -0.2) is 5.43 Å². The lowest BCUT2D eigenvalue weighted by Gasteiger charge is -2.04. The van der Waals surface area contributed by atoms with Crippen LogP contribution >= 0.6 is 11.8 Å². The number of thioether (sulfide) groups is 1. The van der Waals surface area contributed by atoms with Crippen LogP contribution in [-0.2, 0) is 16.0 Å². The molecule has 0 aromatic heterocycles. The molecule has 0 radical (unpaired) electrons. The number of hydrazone groups is 1. The third kappa shape index (κ3) is 5.89. The molecule has 2 rings (SSSR count). The number of amides is 2. The van der Waals surface area contributed by atoms with Crippen molar-refractivity contribution in [2.45, 2.75) is 11.3 Å². The smallest absolute Gasteiger partial charge is 0.329 e. The largest absolute Gasteiger partial charge is 0.347 e. The number of carbonyl (C=O) groups excluding carboxylic acids is 2. The van der Waals surface area contributed by atoms with Gasteiger partial charge in [0.25, 0.3) is 0 Å². The van der Waals surface area contributed by atoms with E-state index in [2.05, 4.69) is 15.8 Å². The van der Waals surface area contributed by atoms with Gasteiger partial charge in [-0.15, -0.1) is 11.8 Å². The van der Waals surface area contributed by atoms with Crippen molar-refractivity contribution < 1.29 is 9.59 Å². The maximum absolute atomic E-state index is 11.7. The van der Waals surface area contributed by atoms with Crippen LogP contribution in [0.3, 0.4) is 0 Å². The van der Waals surface area contributed by atoms with Crippen molar-refractivity contribution in [3.8, 4) is 0 Å². The number of nitrogens with one attached hydrogen (secondary N) is 2. The molecule has 0 saturated heterocycles. The first-order chi connectivity index (χ1) is 11.7. The molecule has 0 heterocycles. The molecule has 0 spiro atoms. The van der Waals surface area contributed by atoms with Gasteiger partial charge in [-0.05, 0) is 35.9 Å². The first kappa shape index (κ1) is 17.7. The Labute approximate surface area is 145 Å². The molecule has 2 aromatic carbocycles. The minimum absolute atomic E-state index is 0.399. The predicted molar refractivity (Wildman–Crippen MR) is 97.1 cm³/mol. The van der Waals surface area contributed by atoms with Crippen LogP contribution in [0.15, 0.2) is 64.6 Å². The number of nitrogens with zero attached hydrogens (tertiary/aromatic N) is 1. The zero-order valence-electron chi connectivity index (χ0n) is 13.4. The van der Waals surface area contributed by atoms with E-state index >= 15 is 0 Å². The summed E-state index contributed by atoms with van der Waals surface area (Å²) in [5.41, 5.74) is 4.17. The molecule has 2 amide bonds. The molecular formula is C18H19N3O2S. The lowest BCUT2D eigenvalue weighted by molar-refractivity contribution is -0.139. The average molecular weight is 341 g/mol. The SMILES string of the molecule is CSc1ccc(/C=N\NC(=O)C(=O)NCCc2ccccc2)cc1. The van der Waals surface area contributed by atoms with Crippen LogP contribution < -0.4 is 10.7 Å². The molecule has 2 aromatic rings. The number of hydrogen-bond acceptors (Lipinski definition) is 4. The third-order valence-electron chi connectivity index (χ3n) is 3.24. The number of carbonyl (C=O) groups is 2. The van der Waals surface area contributed by atoms with E-state index in [9.17, 15) is 9.59 Å². The van der Waals surface area contributed by atoms with Crippen molar-refractivity contribution in [1.29, 1.82) is 0 Å². The van der Waals surface area contributed by atoms with Gasteiger partial charge in [0.2, 0.25) is 0 Å². The van der Waals surface area contributed by atoms with Gasteiger partial charge in [0.1, 0.15) is 0 Å². The Hall–Kier alpha value is -2.60. The fourth-order valence-electron chi connectivity index (χ4n) is 1.95. The van der Waals surface area contributed by atoms with Crippen molar-refractivity contribution in [3.63, 3.8) is 0 Å². The Morgan fingerprint density at radius 1 is 1.04 bits per heavy atom. The molecule has 0 aliphatic heterocycles. The number of hydrogen-bond donors (Lipinski definition) is 2. The van der Waals surface area contributed by atoms with E-state index in [0.717, 1.165) is 16.0 Å². The fraction of sp³-hybridized carbons (Fsp3) is 0.167. The molecule has 0 aliphatic carbocycles. The van der Waals surface area contributed by atoms with Crippen LogP contribution in [-0.4, -0.2) is 30.8 Å². The summed E-state index contributed by atoms with van der Waals surface area (Å²) >= 11 is 1.65. The summed E-state index contributed by atoms with van der Waals surface area (Å²) in [4.78, 5) is 24.4. The van der Waals surface area contributed by atoms with E-state index in [0.29, 0.717) is 13.0 Å². The molecule has 0 atom stereocenters. The summed E-state index contributed by atoms with van der Waals surface area (Å²) in [6.07, 6.45) is 4.17. The van der Waals surface area contributed by atoms with Crippen LogP contribution in [0.2, 0.25) is 0 Å². The summed E-state index contributed by atoms with van der Waals surface area (Å²) < 4.78 is 0. The maximum Gasteiger partial charge on any atom is 0.329 e. The molecule has 5 nitrogen and oxygen atoms in total. The average Bonchev–Trinajstić information content (AvgIpc) is 2.63. The molecule has 0 saturated carbocycles. The Balaban J connectivity index is 1.72. The summed E-state index contributed by atoms with van der Waals surface area (Å²) in [6, 6.07) is 17.4. The highest BCUT2D eigenvalue weighted by Gasteiger charge is 2.11. The minimum atomic E-state index is -0.778. The molecule has 0 unspecified atom stereocenters. The molecular weight excluding hydrogens is 322 g/mol. The Morgan fingerprint density at radius 3 is 2.42 bits per heavy atom. The summed E-state index contributed by atoms with van der Waals surface area (Å²) in [7, 11) is 0. The zero-order valence-corrected chi connectivity index (χ0v) is 14.2. The third-order valence-corrected chi connectivity index (χ3v) is 3.99. The van der Waals surface area contributed by atoms with Gasteiger partial charge in [0, 0.05) is 11.4 Å². The van der Waals surface area contributed by atoms with Crippen LogP contribution in [0.1, 0.15) is 11.1 Å². The van der Waals surface area contributed by atoms with E-state index < -0.39 is 11.8 Å². The normalized spacial score (nSPS) is 10.5. The Kier molecular flexibility index (Phi) is 7.04. The highest BCUT2D eigenvalue weighted by Crippen LogP contribution is 2.13. The van der Waals surface area contributed by atoms with Gasteiger partial charge in [-0.3, -0.25) is 9.59 Å². The quantitative estimate of drug-likeness (QED) is 0.366. The van der Waals surface area contributed by atoms with Gasteiger partial charge in [-0.1, -0.05) is 42.5 Å². The van der Waals surface area contributed by atoms with Crippen molar-refractivity contribution in [2.75, 3.05) is 12.8 Å². The van der Waals surface area contributed by atoms with Gasteiger partial charge in [0.05, 0.1) is 6.21 Å². The van der Waals surface area contributed by atoms with Crippen molar-refractivity contribution in [3.05, 3.63) is 65.7 Å². The minimum Gasteiger partial charge on any atom is -0.347 e. The Bertz CT molecular complexity index is 700. The van der Waals surface area contributed by atoms with Crippen LogP contribution in [0.4, 0.5) is 0 Å². The van der Waals surface area contributed by atoms with Crippen molar-refractivity contribution in [1.82, 2.24) is 10.7 Å². The van der Waals surface area contributed by atoms with E-state index in [1.54, 1.807) is 11.8 Å². The van der Waals surface area contributed by atoms with Gasteiger partial charge >= 0.3 is 11.8 Å². The van der Waals surface area contributed by atoms with Gasteiger partial charge in [-0.2, -0.15) is 5.10 Å². The lowest BCUT2D eigenvalue weighted by Crippen LogP contribution is -2.38. The van der Waals surface area contributed by atoms with Crippen LogP contribution in [0.25, 0.3) is 0 Å². The lowest BCUT2D eigenvalue weighted by atomic mass is 10.1. The van der Waals surface area contributed by atoms with Crippen molar-refractivity contribution in [2.24, 2.45) is 5.10 Å². The second-order valence-electron chi connectivity index (χ2n) is 4.96. The highest BCUT2D eigenvalue weighted by molar-refractivity contribution is 7.98. The molecule has 2 N–H and O–H groups in total. The maximum atomic E-state index is 11.7. The summed E-state index contributed by atoms with van der Waals surface area (Å²) in [5.74, 6) is -1.47. The highest BCUT2D eigenvalue weighted by atomic mass is 32.2. The van der Waals surface area contributed by atoms with E-state index in [1.165, 1.54) is 6.21 Å². The van der Waals surface area contributed by atoms with Crippen LogP contribution in [0.5, 0.6) is 0 Å². The standard InChI is InChI=1S/C18H19N3O2S/c1-24-16-9-7-15(8-10-16)13-20-21-18(23)17(22)19-12-11-14-5-3-2-4-6-14/h2-10,13H,11-12H2,1H3,(H,19,22)(H,21,23)/b20-13-. The van der Waals surface area contributed by atoms with E-state index in [-0.39, 0.29) is 0 Å². The van der Waals surface area contributed by atoms with E-state index in [4.69, 9.17) is 0 Å². The van der Waals surface area contributed by atoms with Gasteiger partial charge < -0.3 is 5.32 Å². The molecule has 0 aliphatic rings. The molecule has 0 fully saturated rings. The number of benzene rings is 2. The molecule has 0 bridgehead atoms. The molecule has 24 heavy (non-hydrogen) atoms. The number of rotatable bonds is 6. The van der Waals surface area contributed by atoms with Crippen molar-refractivity contribution >= 4 is 29.8 Å². The summed E-state index contributed by atoms with van der Waals surface area (Å²) in [5, 5.41) is 6.36. The predicted octanol–water partition coefficient (Wildman–Crippen LogP) is 2.22.